The maximum Gasteiger partial charge on any atom is 0.358 e. The zero-order valence-corrected chi connectivity index (χ0v) is 13.9. The first-order chi connectivity index (χ1) is 12.2. The highest BCUT2D eigenvalue weighted by molar-refractivity contribution is 6.00. The van der Waals surface area contributed by atoms with Crippen LogP contribution in [0.1, 0.15) is 57.9 Å². The van der Waals surface area contributed by atoms with Crippen molar-refractivity contribution in [3.05, 3.63) is 47.0 Å². The second-order valence-electron chi connectivity index (χ2n) is 6.10. The minimum Gasteiger partial charge on any atom is -0.461 e. The summed E-state index contributed by atoms with van der Waals surface area (Å²) < 4.78 is 6.98. The van der Waals surface area contributed by atoms with E-state index in [2.05, 4.69) is 10.9 Å². The summed E-state index contributed by atoms with van der Waals surface area (Å²) in [7, 11) is 0. The van der Waals surface area contributed by atoms with Gasteiger partial charge in [0.15, 0.2) is 5.69 Å². The molecule has 0 spiro atoms. The molecule has 25 heavy (non-hydrogen) atoms. The number of benzene rings is 1. The third-order valence-corrected chi connectivity index (χ3v) is 4.76. The first-order valence-electron chi connectivity index (χ1n) is 8.32. The Morgan fingerprint density at radius 1 is 1.48 bits per heavy atom. The SMILES string of the molecule is C#Cc1ccc2c(c1)C(=O)N1CCC[C@@H]1c1c(C(=O)OCC)ncn1-2. The molecule has 0 N–H and O–H groups in total. The molecule has 0 saturated carbocycles. The van der Waals surface area contributed by atoms with Gasteiger partial charge in [-0.15, -0.1) is 6.42 Å². The molecule has 2 aromatic rings. The van der Waals surface area contributed by atoms with Gasteiger partial charge in [0, 0.05) is 12.1 Å². The van der Waals surface area contributed by atoms with E-state index < -0.39 is 5.97 Å². The van der Waals surface area contributed by atoms with Crippen LogP contribution in [0, 0.1) is 12.3 Å². The van der Waals surface area contributed by atoms with Crippen molar-refractivity contribution in [2.45, 2.75) is 25.8 Å². The van der Waals surface area contributed by atoms with Crippen LogP contribution in [-0.2, 0) is 4.74 Å². The topological polar surface area (TPSA) is 64.4 Å². The summed E-state index contributed by atoms with van der Waals surface area (Å²) in [6.45, 7) is 2.69. The number of carbonyl (C=O) groups is 2. The number of aromatic nitrogens is 2. The molecule has 0 radical (unpaired) electrons. The minimum absolute atomic E-state index is 0.0619. The maximum atomic E-state index is 13.1. The number of nitrogens with zero attached hydrogens (tertiary/aromatic N) is 3. The number of amides is 1. The second kappa shape index (κ2) is 5.78. The van der Waals surface area contributed by atoms with E-state index in [1.807, 2.05) is 15.5 Å². The van der Waals surface area contributed by atoms with Crippen LogP contribution >= 0.6 is 0 Å². The Labute approximate surface area is 145 Å². The minimum atomic E-state index is -0.459. The number of terminal acetylenes is 1. The van der Waals surface area contributed by atoms with Crippen LogP contribution in [0.3, 0.4) is 0 Å². The Hall–Kier alpha value is -3.07. The second-order valence-corrected chi connectivity index (χ2v) is 6.10. The van der Waals surface area contributed by atoms with Crippen LogP contribution in [0.4, 0.5) is 0 Å². The van der Waals surface area contributed by atoms with Crippen molar-refractivity contribution >= 4 is 11.9 Å². The van der Waals surface area contributed by atoms with Crippen LogP contribution < -0.4 is 0 Å². The van der Waals surface area contributed by atoms with Crippen molar-refractivity contribution in [2.24, 2.45) is 0 Å². The summed E-state index contributed by atoms with van der Waals surface area (Å²) in [6.07, 6.45) is 8.75. The lowest BCUT2D eigenvalue weighted by Crippen LogP contribution is -2.30. The van der Waals surface area contributed by atoms with Gasteiger partial charge < -0.3 is 9.64 Å². The lowest BCUT2D eigenvalue weighted by molar-refractivity contribution is 0.0513. The fourth-order valence-corrected chi connectivity index (χ4v) is 3.68. The predicted molar refractivity (Wildman–Crippen MR) is 90.5 cm³/mol. The summed E-state index contributed by atoms with van der Waals surface area (Å²) in [4.78, 5) is 31.5. The molecular weight excluding hydrogens is 318 g/mol. The molecule has 2 aliphatic rings. The monoisotopic (exact) mass is 335 g/mol. The van der Waals surface area contributed by atoms with Crippen molar-refractivity contribution in [2.75, 3.05) is 13.2 Å². The normalized spacial score (nSPS) is 18.0. The van der Waals surface area contributed by atoms with Crippen LogP contribution in [0.15, 0.2) is 24.5 Å². The fraction of sp³-hybridized carbons (Fsp3) is 0.316. The average molecular weight is 335 g/mol. The van der Waals surface area contributed by atoms with Gasteiger partial charge in [0.2, 0.25) is 0 Å². The number of hydrogen-bond donors (Lipinski definition) is 0. The van der Waals surface area contributed by atoms with E-state index in [-0.39, 0.29) is 24.2 Å². The van der Waals surface area contributed by atoms with E-state index in [4.69, 9.17) is 11.2 Å². The highest BCUT2D eigenvalue weighted by Gasteiger charge is 2.40. The van der Waals surface area contributed by atoms with Gasteiger partial charge in [0.1, 0.15) is 6.33 Å². The number of rotatable bonds is 2. The molecule has 6 nitrogen and oxygen atoms in total. The largest absolute Gasteiger partial charge is 0.461 e. The van der Waals surface area contributed by atoms with Gasteiger partial charge in [-0.25, -0.2) is 9.78 Å². The van der Waals surface area contributed by atoms with Crippen molar-refractivity contribution < 1.29 is 14.3 Å². The van der Waals surface area contributed by atoms with Crippen LogP contribution in [0.5, 0.6) is 0 Å². The molecule has 4 rings (SSSR count). The number of fused-ring (bicyclic) bond motifs is 5. The lowest BCUT2D eigenvalue weighted by atomic mass is 10.1. The average Bonchev–Trinajstić information content (AvgIpc) is 3.25. The molecule has 0 bridgehead atoms. The number of ether oxygens (including phenoxy) is 1. The Bertz CT molecular complexity index is 922. The molecule has 0 unspecified atom stereocenters. The molecule has 0 aliphatic carbocycles. The molecule has 2 aliphatic heterocycles. The molecule has 1 amide bonds. The summed E-state index contributed by atoms with van der Waals surface area (Å²) in [6, 6.07) is 5.14. The first kappa shape index (κ1) is 15.5. The third-order valence-electron chi connectivity index (χ3n) is 4.76. The lowest BCUT2D eigenvalue weighted by Gasteiger charge is -2.22. The Kier molecular flexibility index (Phi) is 3.57. The molecule has 6 heteroatoms. The number of imidazole rings is 1. The van der Waals surface area contributed by atoms with Gasteiger partial charge in [-0.2, -0.15) is 0 Å². The molecule has 1 fully saturated rings. The molecule has 1 saturated heterocycles. The van der Waals surface area contributed by atoms with Gasteiger partial charge >= 0.3 is 5.97 Å². The van der Waals surface area contributed by atoms with E-state index in [9.17, 15) is 9.59 Å². The van der Waals surface area contributed by atoms with Gasteiger partial charge in [0.25, 0.3) is 5.91 Å². The number of carbonyl (C=O) groups excluding carboxylic acids is 2. The first-order valence-corrected chi connectivity index (χ1v) is 8.32. The Morgan fingerprint density at radius 3 is 3.08 bits per heavy atom. The van der Waals surface area contributed by atoms with E-state index in [0.717, 1.165) is 18.5 Å². The Morgan fingerprint density at radius 2 is 2.32 bits per heavy atom. The highest BCUT2D eigenvalue weighted by atomic mass is 16.5. The molecule has 1 atom stereocenters. The zero-order chi connectivity index (χ0) is 17.6. The smallest absolute Gasteiger partial charge is 0.358 e. The maximum absolute atomic E-state index is 13.1. The van der Waals surface area contributed by atoms with E-state index in [1.165, 1.54) is 0 Å². The fourth-order valence-electron chi connectivity index (χ4n) is 3.68. The number of esters is 1. The van der Waals surface area contributed by atoms with Crippen LogP contribution in [-0.4, -0.2) is 39.5 Å². The highest BCUT2D eigenvalue weighted by Crippen LogP contribution is 2.40. The predicted octanol–water partition coefficient (Wildman–Crippen LogP) is 2.32. The molecule has 1 aromatic heterocycles. The van der Waals surface area contributed by atoms with Crippen LogP contribution in [0.2, 0.25) is 0 Å². The van der Waals surface area contributed by atoms with Crippen molar-refractivity contribution in [3.8, 4) is 18.0 Å². The quantitative estimate of drug-likeness (QED) is 0.624. The van der Waals surface area contributed by atoms with Crippen molar-refractivity contribution in [3.63, 3.8) is 0 Å². The third kappa shape index (κ3) is 2.23. The summed E-state index contributed by atoms with van der Waals surface area (Å²) in [5.74, 6) is 2.05. The van der Waals surface area contributed by atoms with Gasteiger partial charge in [-0.05, 0) is 38.0 Å². The molecule has 126 valence electrons. The van der Waals surface area contributed by atoms with E-state index in [0.29, 0.717) is 23.4 Å². The standard InChI is InChI=1S/C19H17N3O3/c1-3-12-7-8-14-13(10-12)18(23)21-9-5-6-15(21)17-16(19(24)25-4-2)20-11-22(14)17/h1,7-8,10-11,15H,4-6,9H2,2H3/t15-/m1/s1. The molecule has 1 aromatic carbocycles. The summed E-state index contributed by atoms with van der Waals surface area (Å²) in [5.41, 5.74) is 2.87. The molecular formula is C19H17N3O3. The van der Waals surface area contributed by atoms with Crippen molar-refractivity contribution in [1.29, 1.82) is 0 Å². The van der Waals surface area contributed by atoms with E-state index in [1.54, 1.807) is 25.4 Å². The van der Waals surface area contributed by atoms with Gasteiger partial charge in [-0.1, -0.05) is 5.92 Å². The Balaban J connectivity index is 1.96. The summed E-state index contributed by atoms with van der Waals surface area (Å²) in [5, 5.41) is 0. The van der Waals surface area contributed by atoms with Gasteiger partial charge in [-0.3, -0.25) is 9.36 Å². The van der Waals surface area contributed by atoms with Crippen LogP contribution in [0.25, 0.3) is 5.69 Å². The van der Waals surface area contributed by atoms with E-state index >= 15 is 0 Å². The van der Waals surface area contributed by atoms with Gasteiger partial charge in [0.05, 0.1) is 29.6 Å². The number of hydrogen-bond acceptors (Lipinski definition) is 4. The molecule has 3 heterocycles. The summed E-state index contributed by atoms with van der Waals surface area (Å²) >= 11 is 0. The van der Waals surface area contributed by atoms with Crippen molar-refractivity contribution in [1.82, 2.24) is 14.5 Å². The zero-order valence-electron chi connectivity index (χ0n) is 13.9.